The summed E-state index contributed by atoms with van der Waals surface area (Å²) in [5.41, 5.74) is 3.27. The van der Waals surface area contributed by atoms with E-state index in [0.29, 0.717) is 6.61 Å². The molecule has 0 unspecified atom stereocenters. The van der Waals surface area contributed by atoms with Gasteiger partial charge in [-0.05, 0) is 42.8 Å². The van der Waals surface area contributed by atoms with Crippen LogP contribution in [0.5, 0.6) is 5.75 Å². The average Bonchev–Trinajstić information content (AvgIpc) is 2.91. The maximum absolute atomic E-state index is 9.11. The molecule has 0 amide bonds. The van der Waals surface area contributed by atoms with Gasteiger partial charge in [0, 0.05) is 11.9 Å². The minimum absolute atomic E-state index is 0.0289. The van der Waals surface area contributed by atoms with E-state index in [4.69, 9.17) is 9.84 Å². The lowest BCUT2D eigenvalue weighted by Crippen LogP contribution is -1.96. The summed E-state index contributed by atoms with van der Waals surface area (Å²) in [5.74, 6) is 0.844. The van der Waals surface area contributed by atoms with Crippen LogP contribution >= 0.6 is 0 Å². The minimum atomic E-state index is -0.0289. The van der Waals surface area contributed by atoms with Crippen molar-refractivity contribution in [1.29, 1.82) is 0 Å². The summed E-state index contributed by atoms with van der Waals surface area (Å²) in [7, 11) is 0. The van der Waals surface area contributed by atoms with Crippen molar-refractivity contribution in [2.75, 3.05) is 6.61 Å². The Morgan fingerprint density at radius 1 is 1.20 bits per heavy atom. The third-order valence-corrected chi connectivity index (χ3v) is 3.05. The van der Waals surface area contributed by atoms with Gasteiger partial charge in [0.15, 0.2) is 5.65 Å². The highest BCUT2D eigenvalue weighted by Gasteiger charge is 2.07. The Labute approximate surface area is 116 Å². The standard InChI is InChI=1S/C15H15N3O2/c1-2-20-13-5-3-12(4-6-13)18-10-17-14-7-11(9-19)8-16-15(14)18/h3-8,10,19H,2,9H2,1H3. The number of hydrogen-bond donors (Lipinski definition) is 1. The lowest BCUT2D eigenvalue weighted by Gasteiger charge is -2.06. The molecule has 0 aliphatic heterocycles. The number of hydrogen-bond acceptors (Lipinski definition) is 4. The first-order chi connectivity index (χ1) is 9.81. The van der Waals surface area contributed by atoms with Gasteiger partial charge in [0.05, 0.1) is 13.2 Å². The molecule has 2 aromatic heterocycles. The Balaban J connectivity index is 2.01. The fourth-order valence-corrected chi connectivity index (χ4v) is 2.09. The van der Waals surface area contributed by atoms with E-state index >= 15 is 0 Å². The summed E-state index contributed by atoms with van der Waals surface area (Å²) >= 11 is 0. The van der Waals surface area contributed by atoms with Crippen molar-refractivity contribution in [2.45, 2.75) is 13.5 Å². The first-order valence-corrected chi connectivity index (χ1v) is 6.48. The Morgan fingerprint density at radius 2 is 2.00 bits per heavy atom. The molecule has 5 nitrogen and oxygen atoms in total. The van der Waals surface area contributed by atoms with Gasteiger partial charge in [0.2, 0.25) is 0 Å². The molecule has 0 radical (unpaired) electrons. The molecule has 102 valence electrons. The van der Waals surface area contributed by atoms with Crippen LogP contribution in [0.15, 0.2) is 42.9 Å². The molecule has 5 heteroatoms. The molecule has 0 fully saturated rings. The fraction of sp³-hybridized carbons (Fsp3) is 0.200. The van der Waals surface area contributed by atoms with Crippen LogP contribution in [0, 0.1) is 0 Å². The van der Waals surface area contributed by atoms with Gasteiger partial charge in [-0.15, -0.1) is 0 Å². The van der Waals surface area contributed by atoms with E-state index in [1.807, 2.05) is 41.8 Å². The van der Waals surface area contributed by atoms with Crippen molar-refractivity contribution in [3.8, 4) is 11.4 Å². The molecule has 1 aromatic carbocycles. The highest BCUT2D eigenvalue weighted by Crippen LogP contribution is 2.20. The zero-order valence-corrected chi connectivity index (χ0v) is 11.2. The van der Waals surface area contributed by atoms with Crippen LogP contribution in [0.2, 0.25) is 0 Å². The highest BCUT2D eigenvalue weighted by molar-refractivity contribution is 5.73. The topological polar surface area (TPSA) is 60.2 Å². The number of ether oxygens (including phenoxy) is 1. The van der Waals surface area contributed by atoms with E-state index in [1.165, 1.54) is 0 Å². The number of fused-ring (bicyclic) bond motifs is 1. The van der Waals surface area contributed by atoms with Crippen molar-refractivity contribution < 1.29 is 9.84 Å². The molecular weight excluding hydrogens is 254 g/mol. The largest absolute Gasteiger partial charge is 0.494 e. The lowest BCUT2D eigenvalue weighted by molar-refractivity contribution is 0.281. The van der Waals surface area contributed by atoms with Gasteiger partial charge in [-0.3, -0.25) is 4.57 Å². The third kappa shape index (κ3) is 2.23. The van der Waals surface area contributed by atoms with Crippen molar-refractivity contribution in [3.63, 3.8) is 0 Å². The Bertz CT molecular complexity index is 720. The van der Waals surface area contributed by atoms with Crippen LogP contribution in [-0.4, -0.2) is 26.2 Å². The molecule has 0 saturated carbocycles. The van der Waals surface area contributed by atoms with E-state index in [0.717, 1.165) is 28.2 Å². The van der Waals surface area contributed by atoms with E-state index < -0.39 is 0 Å². The van der Waals surface area contributed by atoms with Gasteiger partial charge in [0.1, 0.15) is 17.6 Å². The summed E-state index contributed by atoms with van der Waals surface area (Å²) < 4.78 is 7.34. The summed E-state index contributed by atoms with van der Waals surface area (Å²) in [6, 6.07) is 9.62. The maximum Gasteiger partial charge on any atom is 0.164 e. The summed E-state index contributed by atoms with van der Waals surface area (Å²) in [6.07, 6.45) is 3.39. The number of aliphatic hydroxyl groups is 1. The molecule has 0 atom stereocenters. The molecule has 0 aliphatic carbocycles. The van der Waals surface area contributed by atoms with Crippen molar-refractivity contribution in [3.05, 3.63) is 48.4 Å². The van der Waals surface area contributed by atoms with Crippen LogP contribution in [0.4, 0.5) is 0 Å². The third-order valence-electron chi connectivity index (χ3n) is 3.05. The SMILES string of the molecule is CCOc1ccc(-n2cnc3cc(CO)cnc32)cc1. The second-order valence-electron chi connectivity index (χ2n) is 4.39. The number of aromatic nitrogens is 3. The molecule has 3 aromatic rings. The van der Waals surface area contributed by atoms with Gasteiger partial charge in [-0.1, -0.05) is 0 Å². The molecule has 20 heavy (non-hydrogen) atoms. The Hall–Kier alpha value is -2.40. The van der Waals surface area contributed by atoms with E-state index in [1.54, 1.807) is 12.5 Å². The molecule has 0 saturated heterocycles. The van der Waals surface area contributed by atoms with Gasteiger partial charge in [-0.25, -0.2) is 9.97 Å². The quantitative estimate of drug-likeness (QED) is 0.789. The zero-order chi connectivity index (χ0) is 13.9. The van der Waals surface area contributed by atoms with Crippen LogP contribution in [0.1, 0.15) is 12.5 Å². The van der Waals surface area contributed by atoms with E-state index in [9.17, 15) is 0 Å². The minimum Gasteiger partial charge on any atom is -0.494 e. The van der Waals surface area contributed by atoms with Gasteiger partial charge in [0.25, 0.3) is 0 Å². The average molecular weight is 269 g/mol. The normalized spacial score (nSPS) is 10.9. The van der Waals surface area contributed by atoms with Gasteiger partial charge in [-0.2, -0.15) is 0 Å². The summed E-state index contributed by atoms with van der Waals surface area (Å²) in [6.45, 7) is 2.58. The van der Waals surface area contributed by atoms with Crippen LogP contribution in [-0.2, 0) is 6.61 Å². The predicted molar refractivity (Wildman–Crippen MR) is 76.0 cm³/mol. The monoisotopic (exact) mass is 269 g/mol. The smallest absolute Gasteiger partial charge is 0.164 e. The molecule has 2 heterocycles. The second-order valence-corrected chi connectivity index (χ2v) is 4.39. The molecule has 1 N–H and O–H groups in total. The van der Waals surface area contributed by atoms with Crippen LogP contribution in [0.3, 0.4) is 0 Å². The summed E-state index contributed by atoms with van der Waals surface area (Å²) in [5, 5.41) is 9.11. The number of nitrogens with zero attached hydrogens (tertiary/aromatic N) is 3. The zero-order valence-electron chi connectivity index (χ0n) is 11.2. The Kier molecular flexibility index (Phi) is 3.35. The highest BCUT2D eigenvalue weighted by atomic mass is 16.5. The predicted octanol–water partition coefficient (Wildman–Crippen LogP) is 2.31. The summed E-state index contributed by atoms with van der Waals surface area (Å²) in [4.78, 5) is 8.68. The van der Waals surface area contributed by atoms with Crippen LogP contribution < -0.4 is 4.74 Å². The van der Waals surface area contributed by atoms with Crippen LogP contribution in [0.25, 0.3) is 16.9 Å². The lowest BCUT2D eigenvalue weighted by atomic mass is 10.2. The van der Waals surface area contributed by atoms with Crippen molar-refractivity contribution in [1.82, 2.24) is 14.5 Å². The number of imidazole rings is 1. The first kappa shape index (κ1) is 12.6. The number of aliphatic hydroxyl groups excluding tert-OH is 1. The van der Waals surface area contributed by atoms with E-state index in [-0.39, 0.29) is 6.61 Å². The molecule has 3 rings (SSSR count). The first-order valence-electron chi connectivity index (χ1n) is 6.48. The number of rotatable bonds is 4. The number of pyridine rings is 1. The maximum atomic E-state index is 9.11. The fourth-order valence-electron chi connectivity index (χ4n) is 2.09. The molecule has 0 spiro atoms. The Morgan fingerprint density at radius 3 is 2.70 bits per heavy atom. The molecule has 0 aliphatic rings. The molecule has 0 bridgehead atoms. The van der Waals surface area contributed by atoms with E-state index in [2.05, 4.69) is 9.97 Å². The van der Waals surface area contributed by atoms with Gasteiger partial charge < -0.3 is 9.84 Å². The molecular formula is C15H15N3O2. The van der Waals surface area contributed by atoms with Gasteiger partial charge >= 0.3 is 0 Å². The van der Waals surface area contributed by atoms with Crippen molar-refractivity contribution in [2.24, 2.45) is 0 Å². The van der Waals surface area contributed by atoms with Crippen molar-refractivity contribution >= 4 is 11.2 Å². The number of benzene rings is 1. The second kappa shape index (κ2) is 5.30.